The van der Waals surface area contributed by atoms with Crippen molar-refractivity contribution in [2.45, 2.75) is 12.5 Å². The third-order valence-electron chi connectivity index (χ3n) is 2.83. The summed E-state index contributed by atoms with van der Waals surface area (Å²) in [7, 11) is 0. The molecule has 1 atom stereocenters. The van der Waals surface area contributed by atoms with Crippen molar-refractivity contribution in [3.63, 3.8) is 0 Å². The van der Waals surface area contributed by atoms with E-state index in [-0.39, 0.29) is 17.1 Å². The predicted molar refractivity (Wildman–Crippen MR) is 72.0 cm³/mol. The molecule has 0 spiro atoms. The number of furan rings is 1. The molecular formula is C14H13ClFNO3. The van der Waals surface area contributed by atoms with Crippen LogP contribution in [0.3, 0.4) is 0 Å². The van der Waals surface area contributed by atoms with Crippen LogP contribution in [0.15, 0.2) is 41.0 Å². The van der Waals surface area contributed by atoms with Crippen LogP contribution in [0.2, 0.25) is 5.02 Å². The number of aliphatic hydroxyl groups is 1. The van der Waals surface area contributed by atoms with E-state index in [9.17, 15) is 14.3 Å². The van der Waals surface area contributed by atoms with Gasteiger partial charge in [-0.05, 0) is 31.2 Å². The third kappa shape index (κ3) is 3.00. The normalized spacial score (nSPS) is 13.8. The number of amides is 1. The van der Waals surface area contributed by atoms with Crippen molar-refractivity contribution in [2.75, 3.05) is 6.54 Å². The van der Waals surface area contributed by atoms with Crippen LogP contribution < -0.4 is 5.32 Å². The summed E-state index contributed by atoms with van der Waals surface area (Å²) in [4.78, 5) is 11.9. The minimum atomic E-state index is -1.39. The molecule has 0 bridgehead atoms. The molecule has 1 heterocycles. The summed E-state index contributed by atoms with van der Waals surface area (Å²) in [6.45, 7) is 1.35. The number of nitrogens with one attached hydrogen (secondary N) is 1. The van der Waals surface area contributed by atoms with Gasteiger partial charge in [-0.3, -0.25) is 4.79 Å². The zero-order chi connectivity index (χ0) is 14.8. The summed E-state index contributed by atoms with van der Waals surface area (Å²) in [5.41, 5.74) is -1.64. The van der Waals surface area contributed by atoms with E-state index < -0.39 is 17.3 Å². The van der Waals surface area contributed by atoms with Crippen molar-refractivity contribution in [2.24, 2.45) is 0 Å². The Hall–Kier alpha value is -1.85. The Morgan fingerprint density at radius 1 is 1.45 bits per heavy atom. The molecular weight excluding hydrogens is 285 g/mol. The lowest BCUT2D eigenvalue weighted by Gasteiger charge is -2.21. The molecule has 0 unspecified atom stereocenters. The average Bonchev–Trinajstić information content (AvgIpc) is 2.91. The van der Waals surface area contributed by atoms with E-state index >= 15 is 0 Å². The quantitative estimate of drug-likeness (QED) is 0.912. The molecule has 1 aromatic carbocycles. The van der Waals surface area contributed by atoms with E-state index in [1.807, 2.05) is 0 Å². The lowest BCUT2D eigenvalue weighted by atomic mass is 10.0. The van der Waals surface area contributed by atoms with E-state index in [1.54, 1.807) is 12.1 Å². The number of hydrogen-bond donors (Lipinski definition) is 2. The second kappa shape index (κ2) is 5.64. The fourth-order valence-electron chi connectivity index (χ4n) is 1.73. The first-order chi connectivity index (χ1) is 9.42. The van der Waals surface area contributed by atoms with E-state index in [0.29, 0.717) is 5.76 Å². The topological polar surface area (TPSA) is 62.5 Å². The smallest absolute Gasteiger partial charge is 0.255 e. The maximum Gasteiger partial charge on any atom is 0.255 e. The van der Waals surface area contributed by atoms with Crippen LogP contribution in [-0.4, -0.2) is 17.6 Å². The molecule has 4 nitrogen and oxygen atoms in total. The summed E-state index contributed by atoms with van der Waals surface area (Å²) < 4.78 is 18.7. The SMILES string of the molecule is C[C@](O)(CNC(=O)c1c(F)cccc1Cl)c1ccco1. The number of hydrogen-bond acceptors (Lipinski definition) is 3. The molecule has 6 heteroatoms. The van der Waals surface area contributed by atoms with Crippen LogP contribution in [0.5, 0.6) is 0 Å². The third-order valence-corrected chi connectivity index (χ3v) is 3.15. The number of carbonyl (C=O) groups excluding carboxylic acids is 1. The minimum absolute atomic E-state index is 0.0140. The second-order valence-electron chi connectivity index (χ2n) is 4.53. The standard InChI is InChI=1S/C14H13ClFNO3/c1-14(19,11-6-3-7-20-11)8-17-13(18)12-9(15)4-2-5-10(12)16/h2-7,19H,8H2,1H3,(H,17,18)/t14-/m0/s1. The van der Waals surface area contributed by atoms with Gasteiger partial charge >= 0.3 is 0 Å². The Labute approximate surface area is 120 Å². The van der Waals surface area contributed by atoms with Crippen molar-refractivity contribution in [1.82, 2.24) is 5.32 Å². The Bertz CT molecular complexity index is 591. The molecule has 2 rings (SSSR count). The molecule has 1 amide bonds. The first-order valence-electron chi connectivity index (χ1n) is 5.90. The molecule has 0 saturated heterocycles. The van der Waals surface area contributed by atoms with E-state index in [0.717, 1.165) is 6.07 Å². The molecule has 106 valence electrons. The van der Waals surface area contributed by atoms with Crippen molar-refractivity contribution in [1.29, 1.82) is 0 Å². The van der Waals surface area contributed by atoms with Gasteiger partial charge in [-0.15, -0.1) is 0 Å². The summed E-state index contributed by atoms with van der Waals surface area (Å²) in [5, 5.41) is 12.6. The average molecular weight is 298 g/mol. The first kappa shape index (κ1) is 14.6. The van der Waals surface area contributed by atoms with Crippen molar-refractivity contribution in [3.8, 4) is 0 Å². The van der Waals surface area contributed by atoms with Crippen LogP contribution in [-0.2, 0) is 5.60 Å². The largest absolute Gasteiger partial charge is 0.466 e. The van der Waals surface area contributed by atoms with Gasteiger partial charge in [-0.2, -0.15) is 0 Å². The fourth-order valence-corrected chi connectivity index (χ4v) is 1.98. The van der Waals surface area contributed by atoms with Crippen molar-refractivity contribution < 1.29 is 18.7 Å². The van der Waals surface area contributed by atoms with E-state index in [2.05, 4.69) is 5.32 Å². The maximum absolute atomic E-state index is 13.6. The number of carbonyl (C=O) groups is 1. The van der Waals surface area contributed by atoms with Crippen molar-refractivity contribution in [3.05, 3.63) is 58.8 Å². The summed E-state index contributed by atoms with van der Waals surface area (Å²) in [6, 6.07) is 7.19. The van der Waals surface area contributed by atoms with Gasteiger partial charge in [0.05, 0.1) is 23.4 Å². The molecule has 0 aliphatic carbocycles. The molecule has 0 radical (unpaired) electrons. The van der Waals surface area contributed by atoms with Gasteiger partial charge in [-0.1, -0.05) is 17.7 Å². The van der Waals surface area contributed by atoms with Gasteiger partial charge in [0.25, 0.3) is 5.91 Å². The van der Waals surface area contributed by atoms with E-state index in [4.69, 9.17) is 16.0 Å². The van der Waals surface area contributed by atoms with Crippen LogP contribution >= 0.6 is 11.6 Å². The lowest BCUT2D eigenvalue weighted by Crippen LogP contribution is -2.38. The summed E-state index contributed by atoms with van der Waals surface area (Å²) in [5.74, 6) is -1.11. The molecule has 1 aromatic heterocycles. The lowest BCUT2D eigenvalue weighted by molar-refractivity contribution is 0.0329. The van der Waals surface area contributed by atoms with Crippen LogP contribution in [0.4, 0.5) is 4.39 Å². The molecule has 2 aromatic rings. The van der Waals surface area contributed by atoms with E-state index in [1.165, 1.54) is 25.3 Å². The molecule has 2 N–H and O–H groups in total. The van der Waals surface area contributed by atoms with Gasteiger partial charge in [0.1, 0.15) is 17.2 Å². The molecule has 0 saturated carbocycles. The summed E-state index contributed by atoms with van der Waals surface area (Å²) in [6.07, 6.45) is 1.42. The van der Waals surface area contributed by atoms with Gasteiger partial charge in [0.2, 0.25) is 0 Å². The highest BCUT2D eigenvalue weighted by atomic mass is 35.5. The number of benzene rings is 1. The van der Waals surface area contributed by atoms with Gasteiger partial charge in [0, 0.05) is 0 Å². The Balaban J connectivity index is 2.10. The molecule has 0 aliphatic rings. The highest BCUT2D eigenvalue weighted by molar-refractivity contribution is 6.33. The zero-order valence-corrected chi connectivity index (χ0v) is 11.4. The predicted octanol–water partition coefficient (Wildman–Crippen LogP) is 2.71. The van der Waals surface area contributed by atoms with Crippen LogP contribution in [0.25, 0.3) is 0 Å². The molecule has 0 aliphatic heterocycles. The maximum atomic E-state index is 13.6. The highest BCUT2D eigenvalue weighted by Gasteiger charge is 2.27. The highest BCUT2D eigenvalue weighted by Crippen LogP contribution is 2.21. The van der Waals surface area contributed by atoms with Crippen molar-refractivity contribution >= 4 is 17.5 Å². The monoisotopic (exact) mass is 297 g/mol. The van der Waals surface area contributed by atoms with Gasteiger partial charge in [-0.25, -0.2) is 4.39 Å². The Morgan fingerprint density at radius 3 is 2.80 bits per heavy atom. The van der Waals surface area contributed by atoms with Gasteiger partial charge < -0.3 is 14.8 Å². The molecule has 0 fully saturated rings. The van der Waals surface area contributed by atoms with Crippen LogP contribution in [0, 0.1) is 5.82 Å². The Morgan fingerprint density at radius 2 is 2.20 bits per heavy atom. The van der Waals surface area contributed by atoms with Crippen LogP contribution in [0.1, 0.15) is 23.0 Å². The number of halogens is 2. The fraction of sp³-hybridized carbons (Fsp3) is 0.214. The van der Waals surface area contributed by atoms with Gasteiger partial charge in [0.15, 0.2) is 0 Å². The molecule has 20 heavy (non-hydrogen) atoms. The summed E-state index contributed by atoms with van der Waals surface area (Å²) >= 11 is 5.79. The minimum Gasteiger partial charge on any atom is -0.466 e. The number of rotatable bonds is 4. The first-order valence-corrected chi connectivity index (χ1v) is 6.28. The second-order valence-corrected chi connectivity index (χ2v) is 4.94. The Kier molecular flexibility index (Phi) is 4.11. The zero-order valence-electron chi connectivity index (χ0n) is 10.7.